The molecule has 0 aromatic carbocycles. The molecule has 2 N–H and O–H groups in total. The van der Waals surface area contributed by atoms with E-state index in [2.05, 4.69) is 21.9 Å². The highest BCUT2D eigenvalue weighted by Crippen LogP contribution is 2.34. The lowest BCUT2D eigenvalue weighted by molar-refractivity contribution is 0.0827. The van der Waals surface area contributed by atoms with Crippen molar-refractivity contribution < 1.29 is 9.59 Å². The first kappa shape index (κ1) is 18.9. The average Bonchev–Trinajstić information content (AvgIpc) is 3.02. The van der Waals surface area contributed by atoms with Crippen LogP contribution in [0.4, 0.5) is 5.82 Å². The van der Waals surface area contributed by atoms with E-state index in [9.17, 15) is 9.59 Å². The van der Waals surface area contributed by atoms with Crippen LogP contribution in [-0.2, 0) is 6.54 Å². The van der Waals surface area contributed by atoms with Crippen molar-refractivity contribution in [3.8, 4) is 0 Å². The molecular formula is C19H26N6O2. The predicted molar refractivity (Wildman–Crippen MR) is 103 cm³/mol. The van der Waals surface area contributed by atoms with Crippen molar-refractivity contribution in [2.45, 2.75) is 39.3 Å². The van der Waals surface area contributed by atoms with E-state index in [1.165, 1.54) is 4.90 Å². The second kappa shape index (κ2) is 7.02. The third-order valence-corrected chi connectivity index (χ3v) is 4.81. The molecule has 0 fully saturated rings. The summed E-state index contributed by atoms with van der Waals surface area (Å²) in [6.45, 7) is 7.45. The van der Waals surface area contributed by atoms with E-state index in [1.807, 2.05) is 24.6 Å². The molecule has 0 spiro atoms. The number of primary amides is 1. The number of carbonyl (C=O) groups is 2. The molecule has 1 aliphatic heterocycles. The van der Waals surface area contributed by atoms with Crippen LogP contribution in [0.2, 0.25) is 0 Å². The first-order chi connectivity index (χ1) is 12.7. The molecule has 2 aromatic rings. The Morgan fingerprint density at radius 1 is 1.30 bits per heavy atom. The van der Waals surface area contributed by atoms with E-state index in [0.717, 1.165) is 23.6 Å². The van der Waals surface area contributed by atoms with E-state index < -0.39 is 5.91 Å². The van der Waals surface area contributed by atoms with Gasteiger partial charge in [0.1, 0.15) is 5.82 Å². The van der Waals surface area contributed by atoms with Gasteiger partial charge in [0.05, 0.1) is 5.56 Å². The van der Waals surface area contributed by atoms with Crippen LogP contribution in [0.5, 0.6) is 0 Å². The molecule has 1 unspecified atom stereocenters. The third kappa shape index (κ3) is 3.39. The van der Waals surface area contributed by atoms with Crippen molar-refractivity contribution in [2.75, 3.05) is 25.5 Å². The molecule has 8 nitrogen and oxygen atoms in total. The molecular weight excluding hydrogens is 344 g/mol. The van der Waals surface area contributed by atoms with Crippen LogP contribution in [0.25, 0.3) is 0 Å². The maximum Gasteiger partial charge on any atom is 0.269 e. The minimum absolute atomic E-state index is 0.0856. The molecule has 2 aromatic heterocycles. The summed E-state index contributed by atoms with van der Waals surface area (Å²) in [6, 6.07) is 3.76. The summed E-state index contributed by atoms with van der Waals surface area (Å²) in [5, 5.41) is 4.47. The number of amides is 2. The van der Waals surface area contributed by atoms with E-state index in [4.69, 9.17) is 5.73 Å². The summed E-state index contributed by atoms with van der Waals surface area (Å²) < 4.78 is 1.91. The number of hydrogen-bond donors (Lipinski definition) is 1. The van der Waals surface area contributed by atoms with Crippen LogP contribution in [0, 0.1) is 0 Å². The molecule has 0 saturated carbocycles. The monoisotopic (exact) mass is 370 g/mol. The Balaban J connectivity index is 1.95. The van der Waals surface area contributed by atoms with Crippen molar-refractivity contribution >= 4 is 17.6 Å². The molecule has 0 bridgehead atoms. The van der Waals surface area contributed by atoms with Crippen molar-refractivity contribution in [3.05, 3.63) is 40.8 Å². The van der Waals surface area contributed by atoms with Crippen molar-refractivity contribution in [3.63, 3.8) is 0 Å². The smallest absolute Gasteiger partial charge is 0.269 e. The van der Waals surface area contributed by atoms with Gasteiger partial charge in [0.25, 0.3) is 11.8 Å². The van der Waals surface area contributed by atoms with Gasteiger partial charge in [0.15, 0.2) is 5.69 Å². The van der Waals surface area contributed by atoms with Gasteiger partial charge in [-0.3, -0.25) is 14.3 Å². The summed E-state index contributed by atoms with van der Waals surface area (Å²) in [6.07, 6.45) is 1.59. The van der Waals surface area contributed by atoms with Crippen LogP contribution in [0.3, 0.4) is 0 Å². The molecule has 144 valence electrons. The maximum atomic E-state index is 12.0. The van der Waals surface area contributed by atoms with E-state index in [-0.39, 0.29) is 17.9 Å². The molecule has 0 aliphatic carbocycles. The third-order valence-electron chi connectivity index (χ3n) is 4.81. The fraction of sp³-hybridized carbons (Fsp3) is 0.474. The fourth-order valence-electron chi connectivity index (χ4n) is 3.56. The maximum absolute atomic E-state index is 12.0. The van der Waals surface area contributed by atoms with Gasteiger partial charge in [-0.2, -0.15) is 5.10 Å². The molecule has 0 saturated heterocycles. The largest absolute Gasteiger partial charge is 0.364 e. The number of hydrogen-bond acceptors (Lipinski definition) is 5. The van der Waals surface area contributed by atoms with Crippen molar-refractivity contribution in [1.82, 2.24) is 19.7 Å². The number of rotatable bonds is 4. The topological polar surface area (TPSA) is 97.3 Å². The Morgan fingerprint density at radius 2 is 2.00 bits per heavy atom. The molecule has 2 amide bonds. The summed E-state index contributed by atoms with van der Waals surface area (Å²) in [4.78, 5) is 32.0. The number of aromatic nitrogens is 3. The molecule has 1 atom stereocenters. The molecule has 27 heavy (non-hydrogen) atoms. The SMILES string of the molecule is CC1CN(c2ccc(C(=O)N(C)C)cn2)Cc2c(C(N)=O)nn(C(C)C)c21. The average molecular weight is 370 g/mol. The zero-order valence-corrected chi connectivity index (χ0v) is 16.4. The summed E-state index contributed by atoms with van der Waals surface area (Å²) >= 11 is 0. The molecule has 8 heteroatoms. The van der Waals surface area contributed by atoms with Crippen LogP contribution < -0.4 is 10.6 Å². The number of anilines is 1. The Hall–Kier alpha value is -2.90. The lowest BCUT2D eigenvalue weighted by Gasteiger charge is -2.33. The Morgan fingerprint density at radius 3 is 2.52 bits per heavy atom. The highest BCUT2D eigenvalue weighted by atomic mass is 16.2. The van der Waals surface area contributed by atoms with Crippen LogP contribution in [0.1, 0.15) is 64.8 Å². The Kier molecular flexibility index (Phi) is 4.91. The number of fused-ring (bicyclic) bond motifs is 1. The molecule has 3 rings (SSSR count). The van der Waals surface area contributed by atoms with Crippen LogP contribution in [-0.4, -0.2) is 52.1 Å². The summed E-state index contributed by atoms with van der Waals surface area (Å²) in [5.41, 5.74) is 8.37. The molecule has 1 aliphatic rings. The lowest BCUT2D eigenvalue weighted by Crippen LogP contribution is -2.35. The predicted octanol–water partition coefficient (Wildman–Crippen LogP) is 1.78. The lowest BCUT2D eigenvalue weighted by atomic mass is 9.95. The van der Waals surface area contributed by atoms with Gasteiger partial charge in [-0.1, -0.05) is 6.92 Å². The second-order valence-electron chi connectivity index (χ2n) is 7.50. The number of pyridine rings is 1. The number of nitrogens with two attached hydrogens (primary N) is 1. The van der Waals surface area contributed by atoms with Gasteiger partial charge >= 0.3 is 0 Å². The minimum Gasteiger partial charge on any atom is -0.364 e. The summed E-state index contributed by atoms with van der Waals surface area (Å²) in [5.74, 6) is 0.328. The first-order valence-corrected chi connectivity index (χ1v) is 9.04. The number of nitrogens with zero attached hydrogens (tertiary/aromatic N) is 5. The van der Waals surface area contributed by atoms with E-state index in [1.54, 1.807) is 26.4 Å². The van der Waals surface area contributed by atoms with E-state index >= 15 is 0 Å². The molecule has 3 heterocycles. The van der Waals surface area contributed by atoms with Gasteiger partial charge in [-0.05, 0) is 26.0 Å². The van der Waals surface area contributed by atoms with E-state index in [0.29, 0.717) is 17.8 Å². The van der Waals surface area contributed by atoms with Gasteiger partial charge in [0, 0.05) is 56.6 Å². The fourth-order valence-corrected chi connectivity index (χ4v) is 3.56. The highest BCUT2D eigenvalue weighted by molar-refractivity contribution is 5.94. The second-order valence-corrected chi connectivity index (χ2v) is 7.50. The summed E-state index contributed by atoms with van der Waals surface area (Å²) in [7, 11) is 3.42. The molecule has 0 radical (unpaired) electrons. The van der Waals surface area contributed by atoms with Gasteiger partial charge in [-0.25, -0.2) is 4.98 Å². The standard InChI is InChI=1S/C19H26N6O2/c1-11(2)25-17-12(3)9-24(10-14(17)16(22-25)18(20)26)15-7-6-13(8-21-15)19(27)23(4)5/h6-8,11-12H,9-10H2,1-5H3,(H2,20,26). The Labute approximate surface area is 159 Å². The van der Waals surface area contributed by atoms with Gasteiger partial charge in [0.2, 0.25) is 0 Å². The quantitative estimate of drug-likeness (QED) is 0.885. The minimum atomic E-state index is -0.514. The number of carbonyl (C=O) groups excluding carboxylic acids is 2. The van der Waals surface area contributed by atoms with Gasteiger partial charge < -0.3 is 15.5 Å². The van der Waals surface area contributed by atoms with Crippen molar-refractivity contribution in [2.24, 2.45) is 5.73 Å². The highest BCUT2D eigenvalue weighted by Gasteiger charge is 2.32. The zero-order valence-electron chi connectivity index (χ0n) is 16.4. The van der Waals surface area contributed by atoms with Crippen LogP contribution in [0.15, 0.2) is 18.3 Å². The zero-order chi connectivity index (χ0) is 19.9. The van der Waals surface area contributed by atoms with Gasteiger partial charge in [-0.15, -0.1) is 0 Å². The normalized spacial score (nSPS) is 16.4. The van der Waals surface area contributed by atoms with Crippen LogP contribution >= 0.6 is 0 Å². The first-order valence-electron chi connectivity index (χ1n) is 9.04. The van der Waals surface area contributed by atoms with Crippen molar-refractivity contribution in [1.29, 1.82) is 0 Å². The Bertz CT molecular complexity index is 869.